The molecule has 0 aromatic carbocycles. The number of carbonyl (C=O) groups excluding carboxylic acids is 2. The van der Waals surface area contributed by atoms with Crippen molar-refractivity contribution in [3.8, 4) is 0 Å². The topological polar surface area (TPSA) is 58.2 Å². The van der Waals surface area contributed by atoms with E-state index in [1.807, 2.05) is 18.2 Å². The molecule has 86 valence electrons. The van der Waals surface area contributed by atoms with Crippen LogP contribution in [0, 0.1) is 5.92 Å². The van der Waals surface area contributed by atoms with E-state index in [2.05, 4.69) is 10.6 Å². The largest absolute Gasteiger partial charge is 0.325 e. The number of urea groups is 1. The van der Waals surface area contributed by atoms with Gasteiger partial charge in [-0.2, -0.15) is 0 Å². The van der Waals surface area contributed by atoms with Gasteiger partial charge in [0, 0.05) is 11.6 Å². The first-order valence-electron chi connectivity index (χ1n) is 5.74. The lowest BCUT2D eigenvalue weighted by molar-refractivity contribution is -0.126. The molecule has 2 aliphatic carbocycles. The fraction of sp³-hybridized carbons (Fsp3) is 0.500. The zero-order valence-electron chi connectivity index (χ0n) is 9.16. The van der Waals surface area contributed by atoms with Crippen LogP contribution in [0.4, 0.5) is 4.79 Å². The van der Waals surface area contributed by atoms with Gasteiger partial charge in [-0.1, -0.05) is 18.6 Å². The first-order valence-corrected chi connectivity index (χ1v) is 5.74. The van der Waals surface area contributed by atoms with Crippen molar-refractivity contribution in [3.63, 3.8) is 0 Å². The van der Waals surface area contributed by atoms with Crippen LogP contribution < -0.4 is 10.6 Å². The van der Waals surface area contributed by atoms with E-state index < -0.39 is 6.03 Å². The lowest BCUT2D eigenvalue weighted by Gasteiger charge is -2.23. The van der Waals surface area contributed by atoms with Crippen LogP contribution in [0.2, 0.25) is 0 Å². The second-order valence-corrected chi connectivity index (χ2v) is 4.21. The summed E-state index contributed by atoms with van der Waals surface area (Å²) in [6.45, 7) is 0. The normalized spacial score (nSPS) is 19.6. The van der Waals surface area contributed by atoms with Crippen LogP contribution in [-0.4, -0.2) is 11.9 Å². The molecule has 0 spiro atoms. The summed E-state index contributed by atoms with van der Waals surface area (Å²) in [7, 11) is 0. The Labute approximate surface area is 94.8 Å². The Hall–Kier alpha value is -1.58. The van der Waals surface area contributed by atoms with Crippen molar-refractivity contribution in [3.05, 3.63) is 23.9 Å². The molecule has 0 saturated heterocycles. The summed E-state index contributed by atoms with van der Waals surface area (Å²) >= 11 is 0. The summed E-state index contributed by atoms with van der Waals surface area (Å²) in [5.74, 6) is -0.106. The molecule has 4 nitrogen and oxygen atoms in total. The molecular formula is C12H16N2O2. The van der Waals surface area contributed by atoms with Gasteiger partial charge >= 0.3 is 6.03 Å². The van der Waals surface area contributed by atoms with E-state index in [0.29, 0.717) is 0 Å². The summed E-state index contributed by atoms with van der Waals surface area (Å²) in [6.07, 6.45) is 10.7. The summed E-state index contributed by atoms with van der Waals surface area (Å²) in [4.78, 5) is 22.9. The van der Waals surface area contributed by atoms with Crippen LogP contribution in [0.25, 0.3) is 0 Å². The van der Waals surface area contributed by atoms with Crippen LogP contribution in [0.3, 0.4) is 0 Å². The van der Waals surface area contributed by atoms with Crippen molar-refractivity contribution >= 4 is 11.9 Å². The number of allylic oxidation sites excluding steroid dienone is 3. The van der Waals surface area contributed by atoms with Crippen LogP contribution in [0.1, 0.15) is 32.1 Å². The third-order valence-corrected chi connectivity index (χ3v) is 2.97. The number of nitrogens with one attached hydrogen (secondary N) is 2. The standard InChI is InChI=1S/C12H16N2O2/c15-11(9-5-4-6-9)14-12(16)13-10-7-2-1-3-8-10/h2,7-9H,1,3-6H2,(H2,13,14,15,16). The van der Waals surface area contributed by atoms with Crippen molar-refractivity contribution < 1.29 is 9.59 Å². The van der Waals surface area contributed by atoms with E-state index in [4.69, 9.17) is 0 Å². The predicted molar refractivity (Wildman–Crippen MR) is 60.5 cm³/mol. The second kappa shape index (κ2) is 4.96. The molecule has 0 bridgehead atoms. The third kappa shape index (κ3) is 2.72. The van der Waals surface area contributed by atoms with Crippen molar-refractivity contribution in [2.24, 2.45) is 5.92 Å². The van der Waals surface area contributed by atoms with E-state index in [-0.39, 0.29) is 11.8 Å². The van der Waals surface area contributed by atoms with Gasteiger partial charge in [0.05, 0.1) is 0 Å². The summed E-state index contributed by atoms with van der Waals surface area (Å²) in [6, 6.07) is -0.422. The average Bonchev–Trinajstić information content (AvgIpc) is 2.15. The van der Waals surface area contributed by atoms with Crippen LogP contribution in [0.5, 0.6) is 0 Å². The van der Waals surface area contributed by atoms with Gasteiger partial charge in [-0.25, -0.2) is 4.79 Å². The first-order chi connectivity index (χ1) is 7.75. The Morgan fingerprint density at radius 3 is 2.62 bits per heavy atom. The highest BCUT2D eigenvalue weighted by molar-refractivity contribution is 5.96. The molecule has 4 heteroatoms. The van der Waals surface area contributed by atoms with E-state index in [1.54, 1.807) is 0 Å². The van der Waals surface area contributed by atoms with Gasteiger partial charge in [-0.3, -0.25) is 10.1 Å². The number of hydrogen-bond acceptors (Lipinski definition) is 2. The van der Waals surface area contributed by atoms with Gasteiger partial charge in [-0.15, -0.1) is 0 Å². The lowest BCUT2D eigenvalue weighted by Crippen LogP contribution is -2.43. The van der Waals surface area contributed by atoms with Crippen LogP contribution in [0.15, 0.2) is 23.9 Å². The van der Waals surface area contributed by atoms with E-state index in [9.17, 15) is 9.59 Å². The fourth-order valence-electron chi connectivity index (χ4n) is 1.75. The monoisotopic (exact) mass is 220 g/mol. The average molecular weight is 220 g/mol. The van der Waals surface area contributed by atoms with Gasteiger partial charge < -0.3 is 5.32 Å². The molecule has 0 atom stereocenters. The van der Waals surface area contributed by atoms with Gasteiger partial charge in [0.2, 0.25) is 5.91 Å². The maximum atomic E-state index is 11.5. The Bertz CT molecular complexity index is 354. The van der Waals surface area contributed by atoms with Gasteiger partial charge in [-0.05, 0) is 31.8 Å². The number of rotatable bonds is 2. The highest BCUT2D eigenvalue weighted by atomic mass is 16.2. The van der Waals surface area contributed by atoms with E-state index in [0.717, 1.165) is 37.8 Å². The quantitative estimate of drug-likeness (QED) is 0.746. The number of hydrogen-bond donors (Lipinski definition) is 2. The number of imide groups is 1. The molecule has 0 aliphatic heterocycles. The van der Waals surface area contributed by atoms with Crippen molar-refractivity contribution in [1.29, 1.82) is 0 Å². The lowest BCUT2D eigenvalue weighted by atomic mass is 9.85. The van der Waals surface area contributed by atoms with E-state index in [1.165, 1.54) is 0 Å². The van der Waals surface area contributed by atoms with Gasteiger partial charge in [0.25, 0.3) is 0 Å². The van der Waals surface area contributed by atoms with Crippen LogP contribution >= 0.6 is 0 Å². The molecular weight excluding hydrogens is 204 g/mol. The number of amides is 3. The number of carbonyl (C=O) groups is 2. The molecule has 0 heterocycles. The minimum Gasteiger partial charge on any atom is -0.308 e. The van der Waals surface area contributed by atoms with Crippen molar-refractivity contribution in [2.45, 2.75) is 32.1 Å². The molecule has 1 saturated carbocycles. The SMILES string of the molecule is O=C(NC(=O)C1CCC1)NC1=CCCC=C1. The predicted octanol–water partition coefficient (Wildman–Crippen LogP) is 1.85. The highest BCUT2D eigenvalue weighted by Gasteiger charge is 2.26. The maximum absolute atomic E-state index is 11.5. The summed E-state index contributed by atoms with van der Waals surface area (Å²) < 4.78 is 0. The minimum absolute atomic E-state index is 0.0432. The molecule has 0 aromatic heterocycles. The molecule has 16 heavy (non-hydrogen) atoms. The Morgan fingerprint density at radius 1 is 1.25 bits per heavy atom. The zero-order chi connectivity index (χ0) is 11.4. The zero-order valence-corrected chi connectivity index (χ0v) is 9.16. The molecule has 3 amide bonds. The van der Waals surface area contributed by atoms with Crippen LogP contribution in [-0.2, 0) is 4.79 Å². The highest BCUT2D eigenvalue weighted by Crippen LogP contribution is 2.26. The Balaban J connectivity index is 1.77. The smallest absolute Gasteiger partial charge is 0.308 e. The third-order valence-electron chi connectivity index (χ3n) is 2.97. The molecule has 2 N–H and O–H groups in total. The summed E-state index contributed by atoms with van der Waals surface area (Å²) in [5.41, 5.74) is 0.769. The fourth-order valence-corrected chi connectivity index (χ4v) is 1.75. The Morgan fingerprint density at radius 2 is 2.06 bits per heavy atom. The van der Waals surface area contributed by atoms with E-state index >= 15 is 0 Å². The molecule has 0 aromatic rings. The van der Waals surface area contributed by atoms with Gasteiger partial charge in [0.15, 0.2) is 0 Å². The molecule has 0 unspecified atom stereocenters. The first kappa shape index (κ1) is 10.9. The maximum Gasteiger partial charge on any atom is 0.325 e. The minimum atomic E-state index is -0.422. The van der Waals surface area contributed by atoms with Crippen molar-refractivity contribution in [2.75, 3.05) is 0 Å². The molecule has 2 rings (SSSR count). The molecule has 2 aliphatic rings. The molecule has 1 fully saturated rings. The second-order valence-electron chi connectivity index (χ2n) is 4.21. The summed E-state index contributed by atoms with van der Waals surface area (Å²) in [5, 5.41) is 5.02. The Kier molecular flexibility index (Phi) is 3.39. The van der Waals surface area contributed by atoms with Crippen molar-refractivity contribution in [1.82, 2.24) is 10.6 Å². The molecule has 0 radical (unpaired) electrons. The van der Waals surface area contributed by atoms with Gasteiger partial charge in [0.1, 0.15) is 0 Å².